The number of sulfonamides is 1. The summed E-state index contributed by atoms with van der Waals surface area (Å²) in [5, 5.41) is 3.15. The summed E-state index contributed by atoms with van der Waals surface area (Å²) < 4.78 is 25.2. The van der Waals surface area contributed by atoms with Crippen LogP contribution in [0.2, 0.25) is 0 Å². The Bertz CT molecular complexity index is 599. The minimum Gasteiger partial charge on any atom is -0.355 e. The number of guanidine groups is 1. The van der Waals surface area contributed by atoms with Crippen LogP contribution in [0, 0.1) is 6.92 Å². The molecule has 1 aromatic carbocycles. The van der Waals surface area contributed by atoms with Gasteiger partial charge in [-0.05, 0) is 25.0 Å². The predicted octanol–water partition coefficient (Wildman–Crippen LogP) is 0.942. The Balaban J connectivity index is 2.49. The molecule has 0 atom stereocenters. The van der Waals surface area contributed by atoms with E-state index in [0.717, 1.165) is 12.5 Å². The minimum atomic E-state index is -3.14. The number of nitrogens with zero attached hydrogens (tertiary/aromatic N) is 2. The Kier molecular flexibility index (Phi) is 7.34. The molecule has 0 radical (unpaired) electrons. The van der Waals surface area contributed by atoms with Crippen molar-refractivity contribution in [3.8, 4) is 0 Å². The summed E-state index contributed by atoms with van der Waals surface area (Å²) >= 11 is 0. The topological polar surface area (TPSA) is 73.8 Å². The number of aryl methyl sites for hydroxylation is 1. The molecule has 0 saturated heterocycles. The number of aliphatic imine (C=N–C) groups is 1. The Morgan fingerprint density at radius 3 is 2.55 bits per heavy atom. The summed E-state index contributed by atoms with van der Waals surface area (Å²) in [7, 11) is 0.529. The monoisotopic (exact) mass is 326 g/mol. The van der Waals surface area contributed by atoms with Gasteiger partial charge in [-0.1, -0.05) is 24.3 Å². The third kappa shape index (κ3) is 6.03. The summed E-state index contributed by atoms with van der Waals surface area (Å²) in [6.07, 6.45) is 0. The maximum absolute atomic E-state index is 11.3. The van der Waals surface area contributed by atoms with Gasteiger partial charge in [-0.25, -0.2) is 13.1 Å². The normalized spacial score (nSPS) is 12.3. The van der Waals surface area contributed by atoms with Crippen molar-refractivity contribution < 1.29 is 8.42 Å². The van der Waals surface area contributed by atoms with Crippen molar-refractivity contribution in [3.05, 3.63) is 35.4 Å². The van der Waals surface area contributed by atoms with Crippen LogP contribution in [0.25, 0.3) is 0 Å². The molecule has 0 bridgehead atoms. The molecule has 2 N–H and O–H groups in total. The number of hydrogen-bond donors (Lipinski definition) is 2. The third-order valence-electron chi connectivity index (χ3n) is 3.35. The standard InChI is InChI=1S/C15H26N4O2S/c1-5-22(20,21)18-11-10-17-15(16-3)19(4)12-14-9-7-6-8-13(14)2/h6-9,18H,5,10-12H2,1-4H3,(H,16,17). The third-order valence-corrected chi connectivity index (χ3v) is 4.76. The lowest BCUT2D eigenvalue weighted by Gasteiger charge is -2.23. The van der Waals surface area contributed by atoms with Crippen LogP contribution in [0.3, 0.4) is 0 Å². The van der Waals surface area contributed by atoms with Crippen LogP contribution >= 0.6 is 0 Å². The van der Waals surface area contributed by atoms with E-state index < -0.39 is 10.0 Å². The molecule has 124 valence electrons. The first-order chi connectivity index (χ1) is 10.4. The average molecular weight is 326 g/mol. The Labute approximate surface area is 133 Å². The lowest BCUT2D eigenvalue weighted by Crippen LogP contribution is -2.42. The fraction of sp³-hybridized carbons (Fsp3) is 0.533. The van der Waals surface area contributed by atoms with Crippen molar-refractivity contribution in [2.45, 2.75) is 20.4 Å². The smallest absolute Gasteiger partial charge is 0.211 e. The first-order valence-corrected chi connectivity index (χ1v) is 8.98. The molecule has 0 aliphatic rings. The van der Waals surface area contributed by atoms with E-state index in [-0.39, 0.29) is 5.75 Å². The minimum absolute atomic E-state index is 0.0922. The quantitative estimate of drug-likeness (QED) is 0.444. The van der Waals surface area contributed by atoms with Gasteiger partial charge in [-0.3, -0.25) is 4.99 Å². The highest BCUT2D eigenvalue weighted by atomic mass is 32.2. The highest BCUT2D eigenvalue weighted by Gasteiger charge is 2.09. The van der Waals surface area contributed by atoms with Crippen molar-refractivity contribution in [3.63, 3.8) is 0 Å². The van der Waals surface area contributed by atoms with Gasteiger partial charge < -0.3 is 10.2 Å². The molecule has 1 aromatic rings. The maximum atomic E-state index is 11.3. The lowest BCUT2D eigenvalue weighted by molar-refractivity contribution is 0.475. The Hall–Kier alpha value is -1.60. The van der Waals surface area contributed by atoms with E-state index in [4.69, 9.17) is 0 Å². The molecule has 6 nitrogen and oxygen atoms in total. The predicted molar refractivity (Wildman–Crippen MR) is 91.5 cm³/mol. The molecule has 0 heterocycles. The molecule has 22 heavy (non-hydrogen) atoms. The zero-order valence-corrected chi connectivity index (χ0v) is 14.6. The van der Waals surface area contributed by atoms with Crippen molar-refractivity contribution in [1.82, 2.24) is 14.9 Å². The SMILES string of the molecule is CCS(=O)(=O)NCCNC(=NC)N(C)Cc1ccccc1C. The Morgan fingerprint density at radius 2 is 1.95 bits per heavy atom. The summed E-state index contributed by atoms with van der Waals surface area (Å²) in [5.41, 5.74) is 2.47. The van der Waals surface area contributed by atoms with Crippen LogP contribution in [0.5, 0.6) is 0 Å². The van der Waals surface area contributed by atoms with Gasteiger partial charge in [0.25, 0.3) is 0 Å². The van der Waals surface area contributed by atoms with E-state index in [9.17, 15) is 8.42 Å². The number of benzene rings is 1. The Morgan fingerprint density at radius 1 is 1.27 bits per heavy atom. The molecular formula is C15H26N4O2S. The summed E-state index contributed by atoms with van der Waals surface area (Å²) in [4.78, 5) is 6.23. The number of nitrogens with one attached hydrogen (secondary N) is 2. The molecule has 0 aromatic heterocycles. The van der Waals surface area contributed by atoms with Gasteiger partial charge in [0.15, 0.2) is 5.96 Å². The van der Waals surface area contributed by atoms with Crippen LogP contribution in [-0.2, 0) is 16.6 Å². The molecule has 0 spiro atoms. The van der Waals surface area contributed by atoms with Crippen LogP contribution < -0.4 is 10.0 Å². The summed E-state index contributed by atoms with van der Waals surface area (Å²) in [6.45, 7) is 5.27. The first-order valence-electron chi connectivity index (χ1n) is 7.33. The van der Waals surface area contributed by atoms with Crippen molar-refractivity contribution >= 4 is 16.0 Å². The van der Waals surface area contributed by atoms with Gasteiger partial charge in [0.05, 0.1) is 5.75 Å². The zero-order chi connectivity index (χ0) is 16.6. The molecule has 7 heteroatoms. The molecule has 0 saturated carbocycles. The van der Waals surface area contributed by atoms with Crippen molar-refractivity contribution in [1.29, 1.82) is 0 Å². The van der Waals surface area contributed by atoms with Crippen molar-refractivity contribution in [2.75, 3.05) is 32.9 Å². The lowest BCUT2D eigenvalue weighted by atomic mass is 10.1. The second-order valence-corrected chi connectivity index (χ2v) is 7.15. The molecule has 0 fully saturated rings. The van der Waals surface area contributed by atoms with Crippen LogP contribution in [0.4, 0.5) is 0 Å². The second kappa shape index (κ2) is 8.75. The van der Waals surface area contributed by atoms with Crippen LogP contribution in [0.15, 0.2) is 29.3 Å². The molecular weight excluding hydrogens is 300 g/mol. The van der Waals surface area contributed by atoms with E-state index in [2.05, 4.69) is 34.1 Å². The van der Waals surface area contributed by atoms with Gasteiger partial charge in [0.1, 0.15) is 0 Å². The largest absolute Gasteiger partial charge is 0.355 e. The maximum Gasteiger partial charge on any atom is 0.211 e. The molecule has 0 aliphatic carbocycles. The van der Waals surface area contributed by atoms with E-state index in [0.29, 0.717) is 13.1 Å². The van der Waals surface area contributed by atoms with Crippen LogP contribution in [0.1, 0.15) is 18.1 Å². The van der Waals surface area contributed by atoms with E-state index in [1.54, 1.807) is 14.0 Å². The molecule has 0 aliphatic heterocycles. The molecule has 0 unspecified atom stereocenters. The molecule has 0 amide bonds. The van der Waals surface area contributed by atoms with E-state index in [1.165, 1.54) is 11.1 Å². The fourth-order valence-electron chi connectivity index (χ4n) is 1.99. The number of hydrogen-bond acceptors (Lipinski definition) is 3. The van der Waals surface area contributed by atoms with E-state index >= 15 is 0 Å². The van der Waals surface area contributed by atoms with Gasteiger partial charge in [-0.15, -0.1) is 0 Å². The first kappa shape index (κ1) is 18.4. The van der Waals surface area contributed by atoms with Crippen LogP contribution in [-0.4, -0.2) is 52.2 Å². The van der Waals surface area contributed by atoms with Gasteiger partial charge in [-0.2, -0.15) is 0 Å². The highest BCUT2D eigenvalue weighted by Crippen LogP contribution is 2.09. The van der Waals surface area contributed by atoms with E-state index in [1.807, 2.05) is 24.1 Å². The number of rotatable bonds is 7. The fourth-order valence-corrected chi connectivity index (χ4v) is 2.60. The van der Waals surface area contributed by atoms with Gasteiger partial charge >= 0.3 is 0 Å². The highest BCUT2D eigenvalue weighted by molar-refractivity contribution is 7.89. The average Bonchev–Trinajstić information content (AvgIpc) is 2.49. The van der Waals surface area contributed by atoms with Crippen molar-refractivity contribution in [2.24, 2.45) is 4.99 Å². The van der Waals surface area contributed by atoms with Gasteiger partial charge in [0, 0.05) is 33.7 Å². The second-order valence-electron chi connectivity index (χ2n) is 5.05. The summed E-state index contributed by atoms with van der Waals surface area (Å²) in [6, 6.07) is 8.21. The summed E-state index contributed by atoms with van der Waals surface area (Å²) in [5.74, 6) is 0.827. The van der Waals surface area contributed by atoms with Gasteiger partial charge in [0.2, 0.25) is 10.0 Å². The zero-order valence-electron chi connectivity index (χ0n) is 13.8. The molecule has 1 rings (SSSR count).